The van der Waals surface area contributed by atoms with E-state index in [9.17, 15) is 0 Å². The van der Waals surface area contributed by atoms with Crippen molar-refractivity contribution in [3.63, 3.8) is 0 Å². The molecule has 0 amide bonds. The summed E-state index contributed by atoms with van der Waals surface area (Å²) in [7, 11) is 1.64. The van der Waals surface area contributed by atoms with Crippen molar-refractivity contribution in [1.29, 1.82) is 0 Å². The molecule has 1 fully saturated rings. The van der Waals surface area contributed by atoms with Gasteiger partial charge in [0.15, 0.2) is 5.69 Å². The number of hydrogen-bond donors (Lipinski definition) is 2. The number of rotatable bonds is 4. The van der Waals surface area contributed by atoms with Gasteiger partial charge in [0.25, 0.3) is 5.89 Å². The van der Waals surface area contributed by atoms with Gasteiger partial charge < -0.3 is 14.6 Å². The van der Waals surface area contributed by atoms with Gasteiger partial charge in [-0.2, -0.15) is 10.1 Å². The number of nitrogens with one attached hydrogen (secondary N) is 2. The van der Waals surface area contributed by atoms with Crippen LogP contribution in [0.1, 0.15) is 18.0 Å². The minimum atomic E-state index is 0.421. The van der Waals surface area contributed by atoms with Crippen molar-refractivity contribution < 1.29 is 9.26 Å². The van der Waals surface area contributed by atoms with Crippen molar-refractivity contribution >= 4 is 0 Å². The highest BCUT2D eigenvalue weighted by molar-refractivity contribution is 5.58. The first-order valence-electron chi connectivity index (χ1n) is 7.58. The fourth-order valence-corrected chi connectivity index (χ4v) is 2.76. The molecule has 23 heavy (non-hydrogen) atoms. The van der Waals surface area contributed by atoms with E-state index < -0.39 is 0 Å². The predicted octanol–water partition coefficient (Wildman–Crippen LogP) is 2.21. The second-order valence-electron chi connectivity index (χ2n) is 5.55. The number of methoxy groups -OCH3 is 1. The number of aromatic amines is 1. The van der Waals surface area contributed by atoms with Crippen LogP contribution in [-0.2, 0) is 0 Å². The Balaban J connectivity index is 1.57. The van der Waals surface area contributed by atoms with Gasteiger partial charge in [-0.15, -0.1) is 0 Å². The summed E-state index contributed by atoms with van der Waals surface area (Å²) in [6.45, 7) is 2.02. The smallest absolute Gasteiger partial charge is 0.278 e. The lowest BCUT2D eigenvalue weighted by molar-refractivity contribution is 0.414. The zero-order valence-corrected chi connectivity index (χ0v) is 12.7. The lowest BCUT2D eigenvalue weighted by atomic mass is 10.1. The normalized spacial score (nSPS) is 17.5. The molecule has 7 nitrogen and oxygen atoms in total. The van der Waals surface area contributed by atoms with Crippen LogP contribution in [0.5, 0.6) is 5.75 Å². The summed E-state index contributed by atoms with van der Waals surface area (Å²) in [6.07, 6.45) is 1.11. The third-order valence-electron chi connectivity index (χ3n) is 4.09. The largest absolute Gasteiger partial charge is 0.497 e. The molecular formula is C16H17N5O2. The van der Waals surface area contributed by atoms with Crippen molar-refractivity contribution in [1.82, 2.24) is 25.7 Å². The molecule has 7 heteroatoms. The lowest BCUT2D eigenvalue weighted by Gasteiger charge is -2.02. The molecule has 0 radical (unpaired) electrons. The van der Waals surface area contributed by atoms with Gasteiger partial charge in [-0.25, -0.2) is 0 Å². The minimum absolute atomic E-state index is 0.421. The quantitative estimate of drug-likeness (QED) is 0.768. The third kappa shape index (κ3) is 2.70. The van der Waals surface area contributed by atoms with Crippen LogP contribution in [0.2, 0.25) is 0 Å². The Kier molecular flexibility index (Phi) is 3.55. The van der Waals surface area contributed by atoms with E-state index in [1.54, 1.807) is 7.11 Å². The van der Waals surface area contributed by atoms with E-state index in [0.717, 1.165) is 36.5 Å². The second-order valence-corrected chi connectivity index (χ2v) is 5.55. The fourth-order valence-electron chi connectivity index (χ4n) is 2.76. The molecular weight excluding hydrogens is 294 g/mol. The van der Waals surface area contributed by atoms with E-state index in [-0.39, 0.29) is 0 Å². The molecule has 2 N–H and O–H groups in total. The van der Waals surface area contributed by atoms with Crippen LogP contribution < -0.4 is 10.1 Å². The summed E-state index contributed by atoms with van der Waals surface area (Å²) in [4.78, 5) is 4.43. The molecule has 3 aromatic rings. The Morgan fingerprint density at radius 2 is 2.13 bits per heavy atom. The van der Waals surface area contributed by atoms with Crippen molar-refractivity contribution in [2.45, 2.75) is 12.3 Å². The van der Waals surface area contributed by atoms with E-state index in [2.05, 4.69) is 25.7 Å². The highest BCUT2D eigenvalue weighted by Gasteiger charge is 2.21. The molecule has 118 valence electrons. The molecule has 0 saturated carbocycles. The number of nitrogens with zero attached hydrogens (tertiary/aromatic N) is 3. The maximum absolute atomic E-state index is 5.35. The van der Waals surface area contributed by atoms with Gasteiger partial charge >= 0.3 is 0 Å². The van der Waals surface area contributed by atoms with Gasteiger partial charge in [-0.1, -0.05) is 5.16 Å². The van der Waals surface area contributed by atoms with E-state index >= 15 is 0 Å². The van der Waals surface area contributed by atoms with Gasteiger partial charge in [-0.05, 0) is 43.3 Å². The van der Waals surface area contributed by atoms with Crippen LogP contribution in [0.15, 0.2) is 34.9 Å². The Bertz CT molecular complexity index is 787. The summed E-state index contributed by atoms with van der Waals surface area (Å²) in [5.74, 6) is 2.22. The maximum atomic E-state index is 5.35. The molecule has 0 bridgehead atoms. The molecule has 0 spiro atoms. The summed E-state index contributed by atoms with van der Waals surface area (Å²) in [5.41, 5.74) is 2.66. The van der Waals surface area contributed by atoms with Crippen molar-refractivity contribution in [3.8, 4) is 28.7 Å². The highest BCUT2D eigenvalue weighted by atomic mass is 16.5. The molecule has 1 aromatic carbocycles. The Morgan fingerprint density at radius 3 is 2.87 bits per heavy atom. The lowest BCUT2D eigenvalue weighted by Crippen LogP contribution is -2.08. The number of H-pyrrole nitrogens is 1. The minimum Gasteiger partial charge on any atom is -0.497 e. The first-order chi connectivity index (χ1) is 11.3. The standard InChI is InChI=1S/C16H17N5O2/c1-22-12-4-2-10(3-5-12)15-18-16(23-21-15)14-8-13(19-20-14)11-6-7-17-9-11/h2-5,8,11,17H,6-7,9H2,1H3,(H,19,20). The van der Waals surface area contributed by atoms with Crippen molar-refractivity contribution in [2.24, 2.45) is 0 Å². The zero-order valence-electron chi connectivity index (χ0n) is 12.7. The topological polar surface area (TPSA) is 88.9 Å². The van der Waals surface area contributed by atoms with E-state index in [4.69, 9.17) is 9.26 Å². The average molecular weight is 311 g/mol. The number of aromatic nitrogens is 4. The Labute approximate surface area is 133 Å². The van der Waals surface area contributed by atoms with Crippen LogP contribution >= 0.6 is 0 Å². The van der Waals surface area contributed by atoms with Gasteiger partial charge in [0.05, 0.1) is 7.11 Å². The first-order valence-corrected chi connectivity index (χ1v) is 7.58. The molecule has 1 aliphatic heterocycles. The average Bonchev–Trinajstić information content (AvgIpc) is 3.34. The highest BCUT2D eigenvalue weighted by Crippen LogP contribution is 2.26. The molecule has 0 aliphatic carbocycles. The van der Waals surface area contributed by atoms with E-state index in [1.807, 2.05) is 30.3 Å². The number of hydrogen-bond acceptors (Lipinski definition) is 6. The summed E-state index contributed by atoms with van der Waals surface area (Å²) < 4.78 is 10.5. The zero-order chi connectivity index (χ0) is 15.6. The SMILES string of the molecule is COc1ccc(-c2noc(-c3cc(C4CCNC4)[nH]n3)n2)cc1. The molecule has 1 atom stereocenters. The van der Waals surface area contributed by atoms with Gasteiger partial charge in [0.2, 0.25) is 5.82 Å². The van der Waals surface area contributed by atoms with Crippen LogP contribution in [-0.4, -0.2) is 40.5 Å². The van der Waals surface area contributed by atoms with Crippen LogP contribution in [0, 0.1) is 0 Å². The maximum Gasteiger partial charge on any atom is 0.278 e. The van der Waals surface area contributed by atoms with Crippen molar-refractivity contribution in [2.75, 3.05) is 20.2 Å². The van der Waals surface area contributed by atoms with Crippen LogP contribution in [0.25, 0.3) is 23.0 Å². The summed E-state index contributed by atoms with van der Waals surface area (Å²) in [6, 6.07) is 9.51. The summed E-state index contributed by atoms with van der Waals surface area (Å²) in [5, 5.41) is 14.7. The van der Waals surface area contributed by atoms with Crippen LogP contribution in [0.3, 0.4) is 0 Å². The van der Waals surface area contributed by atoms with E-state index in [1.165, 1.54) is 0 Å². The van der Waals surface area contributed by atoms with Crippen LogP contribution in [0.4, 0.5) is 0 Å². The number of benzene rings is 1. The summed E-state index contributed by atoms with van der Waals surface area (Å²) >= 11 is 0. The Morgan fingerprint density at radius 1 is 1.26 bits per heavy atom. The first kappa shape index (κ1) is 14.0. The molecule has 3 heterocycles. The fraction of sp³-hybridized carbons (Fsp3) is 0.312. The van der Waals surface area contributed by atoms with E-state index in [0.29, 0.717) is 23.3 Å². The van der Waals surface area contributed by atoms with Crippen molar-refractivity contribution in [3.05, 3.63) is 36.0 Å². The second kappa shape index (κ2) is 5.85. The Hall–Kier alpha value is -2.67. The monoisotopic (exact) mass is 311 g/mol. The molecule has 1 unspecified atom stereocenters. The molecule has 4 rings (SSSR count). The van der Waals surface area contributed by atoms with Gasteiger partial charge in [0.1, 0.15) is 5.75 Å². The third-order valence-corrected chi connectivity index (χ3v) is 4.09. The molecule has 2 aromatic heterocycles. The van der Waals surface area contributed by atoms with Gasteiger partial charge in [0, 0.05) is 23.7 Å². The molecule has 1 aliphatic rings. The number of ether oxygens (including phenoxy) is 1. The molecule has 1 saturated heterocycles. The predicted molar refractivity (Wildman–Crippen MR) is 84.1 cm³/mol. The van der Waals surface area contributed by atoms with Gasteiger partial charge in [-0.3, -0.25) is 5.10 Å².